The molecule has 0 heterocycles. The lowest BCUT2D eigenvalue weighted by Crippen LogP contribution is -2.23. The van der Waals surface area contributed by atoms with Gasteiger partial charge in [0.15, 0.2) is 0 Å². The molecule has 0 aliphatic heterocycles. The quantitative estimate of drug-likeness (QED) is 0.830. The van der Waals surface area contributed by atoms with E-state index in [0.29, 0.717) is 5.92 Å². The van der Waals surface area contributed by atoms with E-state index in [1.807, 2.05) is 0 Å². The first-order valence-electron chi connectivity index (χ1n) is 6.09. The summed E-state index contributed by atoms with van der Waals surface area (Å²) in [5, 5.41) is 0. The highest BCUT2D eigenvalue weighted by Crippen LogP contribution is 2.32. The molecule has 1 atom stereocenters. The van der Waals surface area contributed by atoms with Crippen LogP contribution >= 0.6 is 12.4 Å². The zero-order valence-corrected chi connectivity index (χ0v) is 10.8. The molecular weight excluding hydrogens is 218 g/mol. The van der Waals surface area contributed by atoms with Crippen LogP contribution in [-0.4, -0.2) is 0 Å². The van der Waals surface area contributed by atoms with Gasteiger partial charge < -0.3 is 5.73 Å². The van der Waals surface area contributed by atoms with Crippen LogP contribution in [-0.2, 0) is 0 Å². The van der Waals surface area contributed by atoms with Crippen LogP contribution in [0.5, 0.6) is 0 Å². The molecule has 0 amide bonds. The van der Waals surface area contributed by atoms with Crippen molar-refractivity contribution in [2.75, 3.05) is 0 Å². The van der Waals surface area contributed by atoms with Gasteiger partial charge in [0.2, 0.25) is 0 Å². The molecule has 1 fully saturated rings. The summed E-state index contributed by atoms with van der Waals surface area (Å²) in [7, 11) is 0. The average Bonchev–Trinajstić information content (AvgIpc) is 2.30. The first-order valence-corrected chi connectivity index (χ1v) is 6.09. The highest BCUT2D eigenvalue weighted by Gasteiger charge is 2.21. The van der Waals surface area contributed by atoms with Gasteiger partial charge in [0.1, 0.15) is 0 Å². The van der Waals surface area contributed by atoms with Gasteiger partial charge in [-0.25, -0.2) is 0 Å². The van der Waals surface area contributed by atoms with E-state index >= 15 is 0 Å². The summed E-state index contributed by atoms with van der Waals surface area (Å²) in [6, 6.07) is 8.96. The molecule has 90 valence electrons. The Balaban J connectivity index is 0.00000128. The molecule has 0 spiro atoms. The van der Waals surface area contributed by atoms with E-state index in [9.17, 15) is 0 Å². The lowest BCUT2D eigenvalue weighted by molar-refractivity contribution is 0.308. The van der Waals surface area contributed by atoms with E-state index in [-0.39, 0.29) is 18.4 Å². The van der Waals surface area contributed by atoms with E-state index < -0.39 is 0 Å². The SMILES string of the molecule is Cc1ccc(C(N)C2CCCCC2)cc1.Cl. The Labute approximate surface area is 105 Å². The molecule has 0 aromatic heterocycles. The Kier molecular flexibility index (Phi) is 5.30. The maximum absolute atomic E-state index is 6.32. The number of nitrogens with two attached hydrogens (primary N) is 1. The van der Waals surface area contributed by atoms with Gasteiger partial charge in [-0.3, -0.25) is 0 Å². The molecule has 1 aliphatic rings. The van der Waals surface area contributed by atoms with Crippen molar-refractivity contribution in [1.82, 2.24) is 0 Å². The first-order chi connectivity index (χ1) is 7.27. The topological polar surface area (TPSA) is 26.0 Å². The Hall–Kier alpha value is -0.530. The monoisotopic (exact) mass is 239 g/mol. The summed E-state index contributed by atoms with van der Waals surface area (Å²) in [5.74, 6) is 0.710. The van der Waals surface area contributed by atoms with Gasteiger partial charge in [0, 0.05) is 6.04 Å². The fourth-order valence-electron chi connectivity index (χ4n) is 2.55. The Bertz CT molecular complexity index is 301. The minimum atomic E-state index is 0. The van der Waals surface area contributed by atoms with Crippen LogP contribution in [0.1, 0.15) is 49.3 Å². The third kappa shape index (κ3) is 3.23. The second-order valence-electron chi connectivity index (χ2n) is 4.83. The Morgan fingerprint density at radius 2 is 1.62 bits per heavy atom. The predicted octanol–water partition coefficient (Wildman–Crippen LogP) is 4.00. The number of benzene rings is 1. The molecule has 0 saturated heterocycles. The number of aryl methyl sites for hydroxylation is 1. The fourth-order valence-corrected chi connectivity index (χ4v) is 2.55. The largest absolute Gasteiger partial charge is 0.324 e. The molecule has 16 heavy (non-hydrogen) atoms. The number of hydrogen-bond acceptors (Lipinski definition) is 1. The van der Waals surface area contributed by atoms with Crippen molar-refractivity contribution < 1.29 is 0 Å². The van der Waals surface area contributed by atoms with Crippen LogP contribution in [0.4, 0.5) is 0 Å². The number of halogens is 1. The summed E-state index contributed by atoms with van der Waals surface area (Å²) >= 11 is 0. The summed E-state index contributed by atoms with van der Waals surface area (Å²) < 4.78 is 0. The second-order valence-corrected chi connectivity index (χ2v) is 4.83. The van der Waals surface area contributed by atoms with Crippen molar-refractivity contribution in [1.29, 1.82) is 0 Å². The number of hydrogen-bond donors (Lipinski definition) is 1. The van der Waals surface area contributed by atoms with Crippen molar-refractivity contribution in [3.63, 3.8) is 0 Å². The highest BCUT2D eigenvalue weighted by atomic mass is 35.5. The van der Waals surface area contributed by atoms with Gasteiger partial charge in [-0.15, -0.1) is 12.4 Å². The van der Waals surface area contributed by atoms with E-state index in [1.54, 1.807) is 0 Å². The molecule has 2 heteroatoms. The minimum absolute atomic E-state index is 0. The smallest absolute Gasteiger partial charge is 0.0323 e. The van der Waals surface area contributed by atoms with Gasteiger partial charge >= 0.3 is 0 Å². The second kappa shape index (κ2) is 6.27. The van der Waals surface area contributed by atoms with E-state index in [1.165, 1.54) is 43.2 Å². The van der Waals surface area contributed by atoms with E-state index in [0.717, 1.165) is 0 Å². The summed E-state index contributed by atoms with van der Waals surface area (Å²) in [6.45, 7) is 2.12. The average molecular weight is 240 g/mol. The van der Waals surface area contributed by atoms with Gasteiger partial charge in [-0.1, -0.05) is 49.1 Å². The maximum Gasteiger partial charge on any atom is 0.0323 e. The van der Waals surface area contributed by atoms with Gasteiger partial charge in [-0.2, -0.15) is 0 Å². The molecule has 2 N–H and O–H groups in total. The molecule has 1 aromatic rings. The van der Waals surface area contributed by atoms with Gasteiger partial charge in [-0.05, 0) is 31.2 Å². The third-order valence-corrected chi connectivity index (χ3v) is 3.62. The van der Waals surface area contributed by atoms with Crippen LogP contribution in [0.2, 0.25) is 0 Å². The molecule has 0 radical (unpaired) electrons. The van der Waals surface area contributed by atoms with Crippen LogP contribution in [0.25, 0.3) is 0 Å². The molecule has 1 aliphatic carbocycles. The molecule has 1 saturated carbocycles. The standard InChI is InChI=1S/C14H21N.ClH/c1-11-7-9-13(10-8-11)14(15)12-5-3-2-4-6-12;/h7-10,12,14H,2-6,15H2,1H3;1H. The van der Waals surface area contributed by atoms with Crippen molar-refractivity contribution in [3.8, 4) is 0 Å². The summed E-state index contributed by atoms with van der Waals surface area (Å²) in [6.07, 6.45) is 6.76. The minimum Gasteiger partial charge on any atom is -0.324 e. The van der Waals surface area contributed by atoms with E-state index in [4.69, 9.17) is 5.73 Å². The maximum atomic E-state index is 6.32. The predicted molar refractivity (Wildman–Crippen MR) is 71.9 cm³/mol. The van der Waals surface area contributed by atoms with Crippen LogP contribution in [0.3, 0.4) is 0 Å². The first kappa shape index (κ1) is 13.5. The molecule has 2 rings (SSSR count). The zero-order chi connectivity index (χ0) is 10.7. The Morgan fingerprint density at radius 1 is 1.06 bits per heavy atom. The molecule has 1 nitrogen and oxygen atoms in total. The van der Waals surface area contributed by atoms with Gasteiger partial charge in [0.25, 0.3) is 0 Å². The highest BCUT2D eigenvalue weighted by molar-refractivity contribution is 5.85. The molecule has 1 aromatic carbocycles. The van der Waals surface area contributed by atoms with Crippen LogP contribution in [0, 0.1) is 12.8 Å². The zero-order valence-electron chi connectivity index (χ0n) is 9.99. The lowest BCUT2D eigenvalue weighted by atomic mass is 9.81. The fraction of sp³-hybridized carbons (Fsp3) is 0.571. The van der Waals surface area contributed by atoms with Crippen LogP contribution in [0.15, 0.2) is 24.3 Å². The van der Waals surface area contributed by atoms with Crippen molar-refractivity contribution in [3.05, 3.63) is 35.4 Å². The van der Waals surface area contributed by atoms with Gasteiger partial charge in [0.05, 0.1) is 0 Å². The number of rotatable bonds is 2. The van der Waals surface area contributed by atoms with E-state index in [2.05, 4.69) is 31.2 Å². The summed E-state index contributed by atoms with van der Waals surface area (Å²) in [5.41, 5.74) is 8.95. The lowest BCUT2D eigenvalue weighted by Gasteiger charge is -2.27. The normalized spacial score (nSPS) is 18.9. The molecule has 0 bridgehead atoms. The van der Waals surface area contributed by atoms with Crippen molar-refractivity contribution in [2.45, 2.75) is 45.1 Å². The van der Waals surface area contributed by atoms with Crippen molar-refractivity contribution in [2.24, 2.45) is 11.7 Å². The Morgan fingerprint density at radius 3 is 2.19 bits per heavy atom. The molecule has 1 unspecified atom stereocenters. The van der Waals surface area contributed by atoms with Crippen molar-refractivity contribution >= 4 is 12.4 Å². The van der Waals surface area contributed by atoms with Crippen LogP contribution < -0.4 is 5.73 Å². The molecular formula is C14H22ClN. The summed E-state index contributed by atoms with van der Waals surface area (Å²) in [4.78, 5) is 0. The third-order valence-electron chi connectivity index (χ3n) is 3.62.